The monoisotopic (exact) mass is 249 g/mol. The van der Waals surface area contributed by atoms with Gasteiger partial charge in [0.15, 0.2) is 0 Å². The Balaban J connectivity index is 2.06. The summed E-state index contributed by atoms with van der Waals surface area (Å²) in [6, 6.07) is 3.58. The molecule has 0 aliphatic carbocycles. The van der Waals surface area contributed by atoms with Crippen molar-refractivity contribution < 1.29 is 9.53 Å². The molecular weight excluding hydrogens is 230 g/mol. The van der Waals surface area contributed by atoms with Gasteiger partial charge in [0.1, 0.15) is 0 Å². The molecular formula is C13H19N3O2. The Morgan fingerprint density at radius 3 is 3.00 bits per heavy atom. The SMILES string of the molecule is Cc1ccc(C(=O)N2CCOC(C(C)N)C2)cn1. The van der Waals surface area contributed by atoms with Crippen LogP contribution in [0.3, 0.4) is 0 Å². The maximum atomic E-state index is 12.3. The van der Waals surface area contributed by atoms with Gasteiger partial charge in [-0.25, -0.2) is 0 Å². The molecule has 1 aromatic heterocycles. The summed E-state index contributed by atoms with van der Waals surface area (Å²) in [5.41, 5.74) is 7.33. The van der Waals surface area contributed by atoms with Crippen molar-refractivity contribution >= 4 is 5.91 Å². The van der Waals surface area contributed by atoms with Gasteiger partial charge in [0.25, 0.3) is 5.91 Å². The number of ether oxygens (including phenoxy) is 1. The van der Waals surface area contributed by atoms with E-state index in [1.807, 2.05) is 19.9 Å². The number of aryl methyl sites for hydroxylation is 1. The summed E-state index contributed by atoms with van der Waals surface area (Å²) < 4.78 is 5.54. The molecule has 0 radical (unpaired) electrons. The van der Waals surface area contributed by atoms with E-state index < -0.39 is 0 Å². The van der Waals surface area contributed by atoms with Gasteiger partial charge in [-0.3, -0.25) is 9.78 Å². The number of aromatic nitrogens is 1. The Labute approximate surface area is 107 Å². The zero-order chi connectivity index (χ0) is 13.1. The van der Waals surface area contributed by atoms with Crippen LogP contribution < -0.4 is 5.73 Å². The largest absolute Gasteiger partial charge is 0.373 e. The first-order valence-electron chi connectivity index (χ1n) is 6.17. The molecule has 0 bridgehead atoms. The van der Waals surface area contributed by atoms with Crippen molar-refractivity contribution in [3.8, 4) is 0 Å². The highest BCUT2D eigenvalue weighted by Crippen LogP contribution is 2.12. The molecule has 2 unspecified atom stereocenters. The zero-order valence-corrected chi connectivity index (χ0v) is 10.8. The van der Waals surface area contributed by atoms with Crippen LogP contribution in [0.15, 0.2) is 18.3 Å². The molecule has 2 rings (SSSR count). The second-order valence-corrected chi connectivity index (χ2v) is 4.71. The van der Waals surface area contributed by atoms with Crippen LogP contribution in [0, 0.1) is 6.92 Å². The quantitative estimate of drug-likeness (QED) is 0.832. The predicted octanol–water partition coefficient (Wildman–Crippen LogP) is 0.578. The summed E-state index contributed by atoms with van der Waals surface area (Å²) in [6.07, 6.45) is 1.54. The Morgan fingerprint density at radius 2 is 2.39 bits per heavy atom. The van der Waals surface area contributed by atoms with Gasteiger partial charge in [0.2, 0.25) is 0 Å². The number of nitrogens with two attached hydrogens (primary N) is 1. The Kier molecular flexibility index (Phi) is 3.93. The third-order valence-corrected chi connectivity index (χ3v) is 3.13. The highest BCUT2D eigenvalue weighted by molar-refractivity contribution is 5.94. The molecule has 1 saturated heterocycles. The number of carbonyl (C=O) groups is 1. The van der Waals surface area contributed by atoms with Crippen molar-refractivity contribution in [2.75, 3.05) is 19.7 Å². The summed E-state index contributed by atoms with van der Waals surface area (Å²) in [7, 11) is 0. The van der Waals surface area contributed by atoms with Gasteiger partial charge in [-0.15, -0.1) is 0 Å². The van der Waals surface area contributed by atoms with E-state index in [2.05, 4.69) is 4.98 Å². The van der Waals surface area contributed by atoms with Crippen LogP contribution in [0.1, 0.15) is 23.0 Å². The number of amides is 1. The van der Waals surface area contributed by atoms with Crippen molar-refractivity contribution in [3.05, 3.63) is 29.6 Å². The second-order valence-electron chi connectivity index (χ2n) is 4.71. The molecule has 1 amide bonds. The highest BCUT2D eigenvalue weighted by atomic mass is 16.5. The zero-order valence-electron chi connectivity index (χ0n) is 10.8. The first-order valence-corrected chi connectivity index (χ1v) is 6.17. The van der Waals surface area contributed by atoms with E-state index >= 15 is 0 Å². The number of hydrogen-bond acceptors (Lipinski definition) is 4. The van der Waals surface area contributed by atoms with Crippen molar-refractivity contribution in [1.82, 2.24) is 9.88 Å². The maximum absolute atomic E-state index is 12.3. The van der Waals surface area contributed by atoms with Gasteiger partial charge in [0, 0.05) is 31.0 Å². The second kappa shape index (κ2) is 5.46. The molecule has 1 aliphatic heterocycles. The Hall–Kier alpha value is -1.46. The lowest BCUT2D eigenvalue weighted by molar-refractivity contribution is -0.0300. The highest BCUT2D eigenvalue weighted by Gasteiger charge is 2.27. The van der Waals surface area contributed by atoms with Crippen molar-refractivity contribution in [2.24, 2.45) is 5.73 Å². The summed E-state index contributed by atoms with van der Waals surface area (Å²) in [4.78, 5) is 18.2. The summed E-state index contributed by atoms with van der Waals surface area (Å²) in [6.45, 7) is 5.48. The lowest BCUT2D eigenvalue weighted by atomic mass is 10.1. The van der Waals surface area contributed by atoms with E-state index in [-0.39, 0.29) is 18.1 Å². The van der Waals surface area contributed by atoms with E-state index in [9.17, 15) is 4.79 Å². The molecule has 1 aliphatic rings. The topological polar surface area (TPSA) is 68.5 Å². The number of morpholine rings is 1. The summed E-state index contributed by atoms with van der Waals surface area (Å²) in [5.74, 6) is -0.00329. The van der Waals surface area contributed by atoms with Crippen LogP contribution in [0.4, 0.5) is 0 Å². The van der Waals surface area contributed by atoms with Gasteiger partial charge in [-0.1, -0.05) is 0 Å². The first kappa shape index (κ1) is 13.0. The normalized spacial score (nSPS) is 21.7. The van der Waals surface area contributed by atoms with Crippen molar-refractivity contribution in [3.63, 3.8) is 0 Å². The minimum absolute atomic E-state index is 0.00329. The molecule has 2 atom stereocenters. The fourth-order valence-corrected chi connectivity index (χ4v) is 1.95. The number of nitrogens with zero attached hydrogens (tertiary/aromatic N) is 2. The van der Waals surface area contributed by atoms with Gasteiger partial charge in [0.05, 0.1) is 18.3 Å². The Morgan fingerprint density at radius 1 is 1.61 bits per heavy atom. The van der Waals surface area contributed by atoms with Gasteiger partial charge >= 0.3 is 0 Å². The van der Waals surface area contributed by atoms with E-state index in [1.54, 1.807) is 17.2 Å². The molecule has 1 aromatic rings. The third kappa shape index (κ3) is 2.86. The average Bonchev–Trinajstić information content (AvgIpc) is 2.39. The minimum Gasteiger partial charge on any atom is -0.373 e. The predicted molar refractivity (Wildman–Crippen MR) is 68.3 cm³/mol. The van der Waals surface area contributed by atoms with Crippen LogP contribution in [-0.2, 0) is 4.74 Å². The first-order chi connectivity index (χ1) is 8.58. The van der Waals surface area contributed by atoms with E-state index in [0.717, 1.165) is 5.69 Å². The third-order valence-electron chi connectivity index (χ3n) is 3.13. The van der Waals surface area contributed by atoms with E-state index in [1.165, 1.54) is 0 Å². The smallest absolute Gasteiger partial charge is 0.255 e. The fourth-order valence-electron chi connectivity index (χ4n) is 1.95. The van der Waals surface area contributed by atoms with Crippen molar-refractivity contribution in [2.45, 2.75) is 26.0 Å². The molecule has 0 saturated carbocycles. The van der Waals surface area contributed by atoms with Crippen molar-refractivity contribution in [1.29, 1.82) is 0 Å². The summed E-state index contributed by atoms with van der Waals surface area (Å²) in [5, 5.41) is 0. The van der Waals surface area contributed by atoms with Crippen LogP contribution in [0.2, 0.25) is 0 Å². The van der Waals surface area contributed by atoms with Crippen LogP contribution >= 0.6 is 0 Å². The van der Waals surface area contributed by atoms with E-state index in [4.69, 9.17) is 10.5 Å². The number of carbonyl (C=O) groups excluding carboxylic acids is 1. The molecule has 18 heavy (non-hydrogen) atoms. The van der Waals surface area contributed by atoms with Crippen LogP contribution in [0.5, 0.6) is 0 Å². The van der Waals surface area contributed by atoms with E-state index in [0.29, 0.717) is 25.3 Å². The maximum Gasteiger partial charge on any atom is 0.255 e. The fraction of sp³-hybridized carbons (Fsp3) is 0.538. The summed E-state index contributed by atoms with van der Waals surface area (Å²) >= 11 is 0. The number of rotatable bonds is 2. The lowest BCUT2D eigenvalue weighted by Crippen LogP contribution is -2.51. The molecule has 98 valence electrons. The standard InChI is InChI=1S/C13H19N3O2/c1-9-3-4-11(7-15-9)13(17)16-5-6-18-12(8-16)10(2)14/h3-4,7,10,12H,5-6,8,14H2,1-2H3. The van der Waals surface area contributed by atoms with Crippen LogP contribution in [0.25, 0.3) is 0 Å². The van der Waals surface area contributed by atoms with Gasteiger partial charge in [-0.2, -0.15) is 0 Å². The molecule has 2 N–H and O–H groups in total. The lowest BCUT2D eigenvalue weighted by Gasteiger charge is -2.34. The molecule has 2 heterocycles. The van der Waals surface area contributed by atoms with Crippen LogP contribution in [-0.4, -0.2) is 47.6 Å². The molecule has 1 fully saturated rings. The average molecular weight is 249 g/mol. The van der Waals surface area contributed by atoms with Gasteiger partial charge < -0.3 is 15.4 Å². The molecule has 5 nitrogen and oxygen atoms in total. The molecule has 0 spiro atoms. The minimum atomic E-state index is -0.0823. The molecule has 5 heteroatoms. The van der Waals surface area contributed by atoms with Gasteiger partial charge in [-0.05, 0) is 26.0 Å². The number of pyridine rings is 1. The number of hydrogen-bond donors (Lipinski definition) is 1. The molecule has 0 aromatic carbocycles. The Bertz CT molecular complexity index is 417.